The molecule has 6 rings (SSSR count). The van der Waals surface area contributed by atoms with Gasteiger partial charge in [-0.15, -0.1) is 0 Å². The number of nitrogens with two attached hydrogens (primary N) is 1. The van der Waals surface area contributed by atoms with E-state index in [0.29, 0.717) is 48.5 Å². The molecule has 20 nitrogen and oxygen atoms in total. The van der Waals surface area contributed by atoms with Crippen molar-refractivity contribution < 1.29 is 71.9 Å². The van der Waals surface area contributed by atoms with E-state index in [1.165, 1.54) is 58.3 Å². The molecule has 1 aliphatic carbocycles. The molecule has 5 amide bonds. The first-order chi connectivity index (χ1) is 41.1. The van der Waals surface area contributed by atoms with Crippen molar-refractivity contribution in [2.75, 3.05) is 39.8 Å². The van der Waals surface area contributed by atoms with Crippen molar-refractivity contribution in [2.45, 2.75) is 198 Å². The minimum atomic E-state index is -1.66. The number of carbonyl (C=O) groups is 9. The predicted molar refractivity (Wildman–Crippen MR) is 328 cm³/mol. The van der Waals surface area contributed by atoms with Gasteiger partial charge in [-0.3, -0.25) is 33.6 Å². The fourth-order valence-electron chi connectivity index (χ4n) is 11.8. The van der Waals surface area contributed by atoms with Crippen molar-refractivity contribution in [3.05, 3.63) is 80.9 Å². The molecular formula is C65H89Cl2N5O15. The molecule has 0 spiro atoms. The Hall–Kier alpha value is -6.19. The Kier molecular flexibility index (Phi) is 25.2. The molecule has 478 valence electrons. The highest BCUT2D eigenvalue weighted by molar-refractivity contribution is 6.35. The minimum Gasteiger partial charge on any atom is -0.495 e. The molecule has 3 aliphatic heterocycles. The van der Waals surface area contributed by atoms with Crippen LogP contribution in [0.2, 0.25) is 10.0 Å². The number of carbonyl (C=O) groups excluding carboxylic acids is 9. The van der Waals surface area contributed by atoms with E-state index >= 15 is 0 Å². The average Bonchev–Trinajstić information content (AvgIpc) is 1.59. The number of anilines is 1. The van der Waals surface area contributed by atoms with E-state index in [4.69, 9.17) is 52.6 Å². The third kappa shape index (κ3) is 18.5. The Balaban J connectivity index is 1.15. The quantitative estimate of drug-likeness (QED) is 0.0389. The number of fused-ring (bicyclic) bond motifs is 5. The number of ether oxygens (including phenoxy) is 5. The Labute approximate surface area is 521 Å². The van der Waals surface area contributed by atoms with Gasteiger partial charge in [-0.2, -0.15) is 0 Å². The van der Waals surface area contributed by atoms with Crippen molar-refractivity contribution in [3.8, 4) is 5.75 Å². The number of allylic oxidation sites excluding steroid dienone is 3. The Bertz CT molecular complexity index is 2930. The van der Waals surface area contributed by atoms with Crippen LogP contribution in [0.3, 0.4) is 0 Å². The highest BCUT2D eigenvalue weighted by atomic mass is 35.5. The highest BCUT2D eigenvalue weighted by Gasteiger charge is 2.64. The number of nitrogens with one attached hydrogen (secondary N) is 2. The number of ketones is 3. The number of likely N-dealkylation sites (N-methyl/N-ethyl adjacent to an activating group) is 1. The van der Waals surface area contributed by atoms with E-state index in [1.54, 1.807) is 38.1 Å². The van der Waals surface area contributed by atoms with Crippen molar-refractivity contribution >= 4 is 81.9 Å². The molecule has 2 aromatic rings. The number of unbranched alkanes of at least 4 members (excludes halogenated alkanes) is 3. The lowest BCUT2D eigenvalue weighted by molar-refractivity contribution is -0.187. The normalized spacial score (nSPS) is 25.2. The number of urea groups is 1. The smallest absolute Gasteiger partial charge is 0.328 e. The summed E-state index contributed by atoms with van der Waals surface area (Å²) in [7, 11) is 5.82. The SMILES string of the molecule is COc1cc2cc(c1Cl)N(C)C(=O)C[C@H](OC(=O)[C@H](C)N(C)C(=O)c1ccc(CC(=O)[C@H](CCCNC(N)=O)NC(=O)[C@@H](CC(=O)CCCCCCC(=O)C3CCC3)C(C)C)cc1Cl)[C@]1(C)O[C@H]1[C@H](C)[C@@H]1C[C@@](O)(CC(=O)O1)[C@H](OC)/C=C/C=C(\C)C2. The van der Waals surface area contributed by atoms with Gasteiger partial charge in [-0.1, -0.05) is 93.1 Å². The molecule has 87 heavy (non-hydrogen) atoms. The van der Waals surface area contributed by atoms with Crippen LogP contribution in [-0.2, 0) is 65.4 Å². The zero-order chi connectivity index (χ0) is 64.1. The van der Waals surface area contributed by atoms with Crippen LogP contribution >= 0.6 is 23.2 Å². The van der Waals surface area contributed by atoms with E-state index in [-0.39, 0.29) is 78.3 Å². The molecule has 2 saturated heterocycles. The first-order valence-corrected chi connectivity index (χ1v) is 31.1. The molecule has 3 fully saturated rings. The second-order valence-corrected chi connectivity index (χ2v) is 25.5. The second-order valence-electron chi connectivity index (χ2n) is 24.7. The van der Waals surface area contributed by atoms with Gasteiger partial charge in [0.05, 0.1) is 48.4 Å². The standard InChI is InChI=1S/C65H89Cl2N5O15/c1-37(2)46(33-44(73)21-13-11-12-14-23-50(74)43-19-16-20-43)60(78)70-48(22-17-27-69-63(68)81)51(75)31-41-25-26-45(47(66)29-41)61(79)71(7)40(5)62(80)86-55-34-56(76)72(8)49-30-42(32-52(83-9)58(49)67)28-38(3)18-15-24-54(84-10)65(82)35-53(85-57(77)36-65)39(4)59-64(55,6)87-59/h15,18,24-26,29-30,32,37,39-40,43,46,48,53-55,59,82H,11-14,16-17,19-23,27-28,31,33-36H2,1-10H3,(H,70,78)(H3,68,69,81)/b24-15+,38-18+/t39-,40+,46+,48+,53+,54-,55+,59+,64+,65-/m1/s1. The van der Waals surface area contributed by atoms with Gasteiger partial charge in [0.2, 0.25) is 11.8 Å². The van der Waals surface area contributed by atoms with Crippen molar-refractivity contribution in [2.24, 2.45) is 29.4 Å². The van der Waals surface area contributed by atoms with Gasteiger partial charge in [0.25, 0.3) is 5.91 Å². The molecule has 4 aliphatic rings. The van der Waals surface area contributed by atoms with E-state index in [2.05, 4.69) is 10.6 Å². The number of hydrogen-bond donors (Lipinski definition) is 4. The summed E-state index contributed by atoms with van der Waals surface area (Å²) in [6.45, 7) is 10.6. The number of methoxy groups -OCH3 is 2. The number of amides is 5. The number of halogens is 2. The van der Waals surface area contributed by atoms with Gasteiger partial charge in [0.1, 0.15) is 57.9 Å². The number of esters is 2. The molecule has 3 heterocycles. The number of primary amides is 1. The van der Waals surface area contributed by atoms with Crippen molar-refractivity contribution in [3.63, 3.8) is 0 Å². The van der Waals surface area contributed by atoms with Crippen LogP contribution in [0.1, 0.15) is 159 Å². The van der Waals surface area contributed by atoms with Gasteiger partial charge in [-0.25, -0.2) is 9.59 Å². The molecular weight excluding hydrogens is 1160 g/mol. The number of nitrogens with zero attached hydrogens (tertiary/aromatic N) is 2. The number of epoxide rings is 1. The Morgan fingerprint density at radius 3 is 2.31 bits per heavy atom. The van der Waals surface area contributed by atoms with E-state index in [0.717, 1.165) is 54.6 Å². The third-order valence-corrected chi connectivity index (χ3v) is 18.5. The number of aliphatic hydroxyl groups is 1. The molecule has 2 aromatic carbocycles. The van der Waals surface area contributed by atoms with Crippen LogP contribution in [0.25, 0.3) is 0 Å². The van der Waals surface area contributed by atoms with Gasteiger partial charge in [-0.05, 0) is 107 Å². The number of Topliss-reactive ketones (excluding diaryl/α,β-unsaturated/α-hetero) is 3. The molecule has 22 heteroatoms. The lowest BCUT2D eigenvalue weighted by Crippen LogP contribution is -2.53. The van der Waals surface area contributed by atoms with Crippen LogP contribution in [0.5, 0.6) is 5.75 Å². The fraction of sp³-hybridized carbons (Fsp3) is 0.615. The zero-order valence-corrected chi connectivity index (χ0v) is 53.5. The summed E-state index contributed by atoms with van der Waals surface area (Å²) in [5.74, 6) is -4.32. The zero-order valence-electron chi connectivity index (χ0n) is 52.0. The molecule has 0 unspecified atom stereocenters. The molecule has 5 N–H and O–H groups in total. The summed E-state index contributed by atoms with van der Waals surface area (Å²) >= 11 is 13.7. The number of rotatable bonds is 26. The number of benzene rings is 2. The lowest BCUT2D eigenvalue weighted by Gasteiger charge is -2.41. The van der Waals surface area contributed by atoms with Gasteiger partial charge in [0, 0.05) is 77.6 Å². The Morgan fingerprint density at radius 2 is 1.68 bits per heavy atom. The maximum Gasteiger partial charge on any atom is 0.328 e. The van der Waals surface area contributed by atoms with Crippen LogP contribution in [0.15, 0.2) is 54.1 Å². The maximum atomic E-state index is 14.5. The van der Waals surface area contributed by atoms with Crippen LogP contribution in [0, 0.1) is 23.7 Å². The minimum absolute atomic E-state index is 0.00357. The maximum absolute atomic E-state index is 14.5. The predicted octanol–water partition coefficient (Wildman–Crippen LogP) is 8.72. The first-order valence-electron chi connectivity index (χ1n) is 30.4. The van der Waals surface area contributed by atoms with Gasteiger partial charge < -0.3 is 55.0 Å². The van der Waals surface area contributed by atoms with E-state index in [9.17, 15) is 48.3 Å². The first kappa shape index (κ1) is 69.9. The molecule has 4 bridgehead atoms. The molecule has 1 saturated carbocycles. The molecule has 0 radical (unpaired) electrons. The third-order valence-electron chi connectivity index (χ3n) is 17.8. The summed E-state index contributed by atoms with van der Waals surface area (Å²) in [4.78, 5) is 124. The van der Waals surface area contributed by atoms with E-state index in [1.807, 2.05) is 26.8 Å². The van der Waals surface area contributed by atoms with Crippen LogP contribution in [-0.4, -0.2) is 146 Å². The average molecular weight is 1250 g/mol. The summed E-state index contributed by atoms with van der Waals surface area (Å²) in [6.07, 6.45) is 8.36. The van der Waals surface area contributed by atoms with Gasteiger partial charge in [0.15, 0.2) is 5.78 Å². The van der Waals surface area contributed by atoms with Crippen molar-refractivity contribution in [1.29, 1.82) is 0 Å². The summed E-state index contributed by atoms with van der Waals surface area (Å²) in [6, 6.07) is 4.89. The summed E-state index contributed by atoms with van der Waals surface area (Å²) in [5, 5.41) is 17.5. The van der Waals surface area contributed by atoms with Crippen LogP contribution < -0.4 is 26.0 Å². The van der Waals surface area contributed by atoms with Gasteiger partial charge >= 0.3 is 18.0 Å². The van der Waals surface area contributed by atoms with E-state index < -0.39 is 107 Å². The van der Waals surface area contributed by atoms with Crippen LogP contribution in [0.4, 0.5) is 10.5 Å². The monoisotopic (exact) mass is 1250 g/mol. The molecule has 10 atom stereocenters. The second kappa shape index (κ2) is 31.3. The topological polar surface area (TPSA) is 280 Å². The lowest BCUT2D eigenvalue weighted by atomic mass is 9.78. The largest absolute Gasteiger partial charge is 0.495 e. The van der Waals surface area contributed by atoms with Crippen molar-refractivity contribution in [1.82, 2.24) is 15.5 Å². The summed E-state index contributed by atoms with van der Waals surface area (Å²) in [5.41, 5.74) is 4.64. The summed E-state index contributed by atoms with van der Waals surface area (Å²) < 4.78 is 29.8. The fourth-order valence-corrected chi connectivity index (χ4v) is 12.4. The Morgan fingerprint density at radius 1 is 0.977 bits per heavy atom. The number of hydrogen-bond acceptors (Lipinski definition) is 15. The highest BCUT2D eigenvalue weighted by Crippen LogP contribution is 2.50. The molecule has 0 aromatic heterocycles.